The van der Waals surface area contributed by atoms with Gasteiger partial charge in [-0.15, -0.1) is 0 Å². The van der Waals surface area contributed by atoms with E-state index in [0.29, 0.717) is 34.4 Å². The second-order valence-corrected chi connectivity index (χ2v) is 7.14. The van der Waals surface area contributed by atoms with Crippen LogP contribution in [-0.2, 0) is 13.6 Å². The zero-order valence-electron chi connectivity index (χ0n) is 17.1. The van der Waals surface area contributed by atoms with Gasteiger partial charge >= 0.3 is 6.03 Å². The zero-order chi connectivity index (χ0) is 22.0. The molecule has 156 valence electrons. The van der Waals surface area contributed by atoms with Crippen molar-refractivity contribution in [1.29, 1.82) is 0 Å². The van der Waals surface area contributed by atoms with Crippen LogP contribution in [0.3, 0.4) is 0 Å². The Kier molecular flexibility index (Phi) is 5.31. The van der Waals surface area contributed by atoms with Crippen molar-refractivity contribution in [2.75, 3.05) is 11.1 Å². The highest BCUT2D eigenvalue weighted by Gasteiger charge is 2.20. The SMILES string of the molecule is Cc1ccccc1CNC(=O)Nc1cncc(C(=O)c2cn(C)c3ncnc(N)c23)c1. The first-order valence-corrected chi connectivity index (χ1v) is 9.58. The van der Waals surface area contributed by atoms with Gasteiger partial charge in [0.25, 0.3) is 0 Å². The zero-order valence-corrected chi connectivity index (χ0v) is 17.1. The molecule has 9 nitrogen and oxygen atoms in total. The first-order valence-electron chi connectivity index (χ1n) is 9.58. The molecule has 0 aliphatic carbocycles. The van der Waals surface area contributed by atoms with Gasteiger partial charge in [0.05, 0.1) is 22.8 Å². The van der Waals surface area contributed by atoms with E-state index in [9.17, 15) is 9.59 Å². The van der Waals surface area contributed by atoms with Crippen LogP contribution in [0.25, 0.3) is 11.0 Å². The number of nitrogens with one attached hydrogen (secondary N) is 2. The molecule has 2 amide bonds. The number of amides is 2. The van der Waals surface area contributed by atoms with Crippen molar-refractivity contribution in [3.8, 4) is 0 Å². The van der Waals surface area contributed by atoms with Crippen LogP contribution >= 0.6 is 0 Å². The number of hydrogen-bond donors (Lipinski definition) is 3. The maximum absolute atomic E-state index is 13.1. The lowest BCUT2D eigenvalue weighted by Gasteiger charge is -2.10. The molecule has 4 N–H and O–H groups in total. The summed E-state index contributed by atoms with van der Waals surface area (Å²) in [6, 6.07) is 8.99. The van der Waals surface area contributed by atoms with E-state index >= 15 is 0 Å². The fraction of sp³-hybridized carbons (Fsp3) is 0.136. The van der Waals surface area contributed by atoms with E-state index in [1.165, 1.54) is 18.7 Å². The Morgan fingerprint density at radius 2 is 1.97 bits per heavy atom. The van der Waals surface area contributed by atoms with Gasteiger partial charge in [0.15, 0.2) is 5.78 Å². The van der Waals surface area contributed by atoms with Crippen LogP contribution in [-0.4, -0.2) is 31.3 Å². The van der Waals surface area contributed by atoms with Crippen molar-refractivity contribution in [2.24, 2.45) is 7.05 Å². The molecule has 3 aromatic heterocycles. The van der Waals surface area contributed by atoms with Crippen molar-refractivity contribution in [3.05, 3.63) is 77.5 Å². The number of aromatic nitrogens is 4. The van der Waals surface area contributed by atoms with Gasteiger partial charge in [-0.05, 0) is 24.1 Å². The summed E-state index contributed by atoms with van der Waals surface area (Å²) in [5.41, 5.74) is 9.74. The van der Waals surface area contributed by atoms with Crippen LogP contribution in [0, 0.1) is 6.92 Å². The van der Waals surface area contributed by atoms with Gasteiger partial charge < -0.3 is 20.9 Å². The van der Waals surface area contributed by atoms with Gasteiger partial charge in [-0.1, -0.05) is 24.3 Å². The number of hydrogen-bond acceptors (Lipinski definition) is 6. The number of nitrogen functional groups attached to an aromatic ring is 1. The standard InChI is InChI=1S/C22H21N7O2/c1-13-5-3-4-6-14(13)9-25-22(31)28-16-7-15(8-24-10-16)19(30)17-11-29(2)21-18(17)20(23)26-12-27-21/h3-8,10-12H,9H2,1-2H3,(H2,23,26,27)(H2,25,28,31). The fourth-order valence-electron chi connectivity index (χ4n) is 3.35. The second-order valence-electron chi connectivity index (χ2n) is 7.14. The smallest absolute Gasteiger partial charge is 0.319 e. The Morgan fingerprint density at radius 1 is 1.16 bits per heavy atom. The summed E-state index contributed by atoms with van der Waals surface area (Å²) in [6.07, 6.45) is 5.93. The number of ketones is 1. The molecular weight excluding hydrogens is 394 g/mol. The van der Waals surface area contributed by atoms with Gasteiger partial charge in [0.2, 0.25) is 0 Å². The lowest BCUT2D eigenvalue weighted by molar-refractivity contribution is 0.103. The van der Waals surface area contributed by atoms with Crippen LogP contribution in [0.15, 0.2) is 55.2 Å². The van der Waals surface area contributed by atoms with Crippen LogP contribution < -0.4 is 16.4 Å². The number of anilines is 2. The van der Waals surface area contributed by atoms with E-state index in [1.807, 2.05) is 31.2 Å². The topological polar surface area (TPSA) is 128 Å². The average Bonchev–Trinajstić information content (AvgIpc) is 3.11. The summed E-state index contributed by atoms with van der Waals surface area (Å²) in [7, 11) is 1.78. The Balaban J connectivity index is 1.52. The molecule has 31 heavy (non-hydrogen) atoms. The van der Waals surface area contributed by atoms with Crippen LogP contribution in [0.2, 0.25) is 0 Å². The summed E-state index contributed by atoms with van der Waals surface area (Å²) in [5.74, 6) is -0.0599. The monoisotopic (exact) mass is 415 g/mol. The molecule has 0 fully saturated rings. The molecule has 0 saturated carbocycles. The lowest BCUT2D eigenvalue weighted by atomic mass is 10.1. The minimum Gasteiger partial charge on any atom is -0.383 e. The van der Waals surface area contributed by atoms with Crippen molar-refractivity contribution in [2.45, 2.75) is 13.5 Å². The maximum atomic E-state index is 13.1. The van der Waals surface area contributed by atoms with Crippen LogP contribution in [0.4, 0.5) is 16.3 Å². The Morgan fingerprint density at radius 3 is 2.77 bits per heavy atom. The number of nitrogens with two attached hydrogens (primary N) is 1. The van der Waals surface area contributed by atoms with E-state index in [2.05, 4.69) is 25.6 Å². The van der Waals surface area contributed by atoms with Gasteiger partial charge in [-0.3, -0.25) is 9.78 Å². The highest BCUT2D eigenvalue weighted by Crippen LogP contribution is 2.25. The van der Waals surface area contributed by atoms with Gasteiger partial charge in [-0.25, -0.2) is 14.8 Å². The normalized spacial score (nSPS) is 10.8. The maximum Gasteiger partial charge on any atom is 0.319 e. The number of carbonyl (C=O) groups is 2. The van der Waals surface area contributed by atoms with E-state index < -0.39 is 6.03 Å². The lowest BCUT2D eigenvalue weighted by Crippen LogP contribution is -2.28. The number of fused-ring (bicyclic) bond motifs is 1. The van der Waals surface area contributed by atoms with E-state index in [0.717, 1.165) is 11.1 Å². The molecule has 9 heteroatoms. The van der Waals surface area contributed by atoms with E-state index in [1.54, 1.807) is 23.9 Å². The van der Waals surface area contributed by atoms with Gasteiger partial charge in [0.1, 0.15) is 17.8 Å². The number of rotatable bonds is 5. The molecule has 3 heterocycles. The molecule has 0 bridgehead atoms. The van der Waals surface area contributed by atoms with Crippen molar-refractivity contribution < 1.29 is 9.59 Å². The number of carbonyl (C=O) groups excluding carboxylic acids is 2. The van der Waals surface area contributed by atoms with E-state index in [-0.39, 0.29) is 11.6 Å². The molecule has 4 rings (SSSR count). The molecular formula is C22H21N7O2. The van der Waals surface area contributed by atoms with Crippen LogP contribution in [0.1, 0.15) is 27.0 Å². The van der Waals surface area contributed by atoms with Crippen LogP contribution in [0.5, 0.6) is 0 Å². The number of nitrogens with zero attached hydrogens (tertiary/aromatic N) is 4. The summed E-state index contributed by atoms with van der Waals surface area (Å²) in [5, 5.41) is 6.01. The molecule has 0 saturated heterocycles. The molecule has 0 aliphatic rings. The van der Waals surface area contributed by atoms with Gasteiger partial charge in [0, 0.05) is 31.5 Å². The third kappa shape index (κ3) is 4.06. The predicted molar refractivity (Wildman–Crippen MR) is 118 cm³/mol. The van der Waals surface area contributed by atoms with Crippen molar-refractivity contribution in [3.63, 3.8) is 0 Å². The molecule has 0 atom stereocenters. The fourth-order valence-corrected chi connectivity index (χ4v) is 3.35. The predicted octanol–water partition coefficient (Wildman–Crippen LogP) is 2.81. The average molecular weight is 415 g/mol. The van der Waals surface area contributed by atoms with Crippen molar-refractivity contribution in [1.82, 2.24) is 24.8 Å². The summed E-state index contributed by atoms with van der Waals surface area (Å²) in [4.78, 5) is 37.7. The van der Waals surface area contributed by atoms with Gasteiger partial charge in [-0.2, -0.15) is 0 Å². The minimum absolute atomic E-state index is 0.228. The molecule has 0 unspecified atom stereocenters. The van der Waals surface area contributed by atoms with Crippen molar-refractivity contribution >= 4 is 34.4 Å². The van der Waals surface area contributed by atoms with E-state index in [4.69, 9.17) is 5.73 Å². The first-order chi connectivity index (χ1) is 14.9. The Bertz CT molecular complexity index is 1300. The molecule has 0 spiro atoms. The second kappa shape index (κ2) is 8.23. The Labute approximate surface area is 178 Å². The molecule has 4 aromatic rings. The molecule has 1 aromatic carbocycles. The molecule has 0 radical (unpaired) electrons. The number of benzene rings is 1. The first kappa shape index (κ1) is 20.0. The largest absolute Gasteiger partial charge is 0.383 e. The summed E-state index contributed by atoms with van der Waals surface area (Å²) < 4.78 is 1.72. The third-order valence-electron chi connectivity index (χ3n) is 4.99. The minimum atomic E-state index is -0.391. The summed E-state index contributed by atoms with van der Waals surface area (Å²) in [6.45, 7) is 2.37. The Hall–Kier alpha value is -4.27. The number of urea groups is 1. The highest BCUT2D eigenvalue weighted by molar-refractivity contribution is 6.18. The number of pyridine rings is 1. The molecule has 0 aliphatic heterocycles. The quantitative estimate of drug-likeness (QED) is 0.430. The third-order valence-corrected chi connectivity index (χ3v) is 4.99. The number of aryl methyl sites for hydroxylation is 2. The highest BCUT2D eigenvalue weighted by atomic mass is 16.2. The summed E-state index contributed by atoms with van der Waals surface area (Å²) >= 11 is 0.